The van der Waals surface area contributed by atoms with Gasteiger partial charge in [-0.25, -0.2) is 0 Å². The smallest absolute Gasteiger partial charge is 0.395 e. The number of nitrogens with zero attached hydrogens (tertiary/aromatic N) is 2. The zero-order valence-corrected chi connectivity index (χ0v) is 17.4. The van der Waals surface area contributed by atoms with Crippen LogP contribution in [0, 0.1) is 18.3 Å². The SMILES string of the molecule is Cc1cc(CC(=O)C2(c3ccc4c(c3)OC(F)(F)O4)CC2)nc(-c2ccc(=O)[nH]c2)c1C#N.[HH]. The second-order valence-electron chi connectivity index (χ2n) is 8.22. The summed E-state index contributed by atoms with van der Waals surface area (Å²) in [4.78, 5) is 31.8. The molecule has 0 atom stereocenters. The molecule has 1 aromatic carbocycles. The normalized spacial score (nSPS) is 16.8. The van der Waals surface area contributed by atoms with Crippen LogP contribution < -0.4 is 15.0 Å². The van der Waals surface area contributed by atoms with E-state index in [4.69, 9.17) is 0 Å². The van der Waals surface area contributed by atoms with Crippen molar-refractivity contribution in [3.05, 3.63) is 75.3 Å². The van der Waals surface area contributed by atoms with Crippen molar-refractivity contribution in [2.24, 2.45) is 0 Å². The predicted octanol–water partition coefficient (Wildman–Crippen LogP) is 4.03. The topological polar surface area (TPSA) is 105 Å². The van der Waals surface area contributed by atoms with E-state index in [1.165, 1.54) is 24.4 Å². The fourth-order valence-corrected chi connectivity index (χ4v) is 4.17. The molecule has 1 fully saturated rings. The molecule has 5 rings (SSSR count). The maximum absolute atomic E-state index is 13.4. The molecule has 0 saturated heterocycles. The Hall–Kier alpha value is -4.06. The van der Waals surface area contributed by atoms with E-state index in [2.05, 4.69) is 25.5 Å². The number of alkyl halides is 2. The predicted molar refractivity (Wildman–Crippen MR) is 114 cm³/mol. The Morgan fingerprint density at radius 3 is 2.64 bits per heavy atom. The van der Waals surface area contributed by atoms with Crippen LogP contribution in [0.2, 0.25) is 0 Å². The molecule has 1 saturated carbocycles. The number of pyridine rings is 2. The van der Waals surface area contributed by atoms with Gasteiger partial charge in [0, 0.05) is 31.4 Å². The third kappa shape index (κ3) is 3.63. The van der Waals surface area contributed by atoms with Crippen LogP contribution >= 0.6 is 0 Å². The molecule has 3 heterocycles. The van der Waals surface area contributed by atoms with Crippen molar-refractivity contribution >= 4 is 5.78 Å². The van der Waals surface area contributed by atoms with Crippen LogP contribution in [0.15, 0.2) is 47.4 Å². The molecular formula is C24H19F2N3O4. The standard InChI is InChI=1S/C24H17F2N3O4.H2/c1-13-8-16(29-22(17(13)11-27)14-2-5-21(31)28-12-14)10-20(30)23(6-7-23)15-3-4-18-19(9-15)33-24(25,26)32-18;/h2-5,8-9,12H,6-7,10H2,1H3,(H,28,31);1H. The minimum Gasteiger partial charge on any atom is -0.395 e. The zero-order chi connectivity index (χ0) is 23.4. The van der Waals surface area contributed by atoms with Crippen LogP contribution in [-0.2, 0) is 16.6 Å². The minimum absolute atomic E-state index is 0. The molecule has 7 nitrogen and oxygen atoms in total. The monoisotopic (exact) mass is 451 g/mol. The minimum atomic E-state index is -3.72. The summed E-state index contributed by atoms with van der Waals surface area (Å²) < 4.78 is 35.7. The van der Waals surface area contributed by atoms with Crippen LogP contribution in [-0.4, -0.2) is 22.0 Å². The first-order valence-corrected chi connectivity index (χ1v) is 10.2. The van der Waals surface area contributed by atoms with E-state index in [9.17, 15) is 23.6 Å². The second kappa shape index (κ2) is 7.24. The number of aromatic amines is 1. The van der Waals surface area contributed by atoms with Gasteiger partial charge < -0.3 is 14.5 Å². The fraction of sp³-hybridized carbons (Fsp3) is 0.250. The molecule has 0 amide bonds. The zero-order valence-electron chi connectivity index (χ0n) is 17.4. The average Bonchev–Trinajstić information content (AvgIpc) is 3.51. The Morgan fingerprint density at radius 1 is 1.21 bits per heavy atom. The molecule has 33 heavy (non-hydrogen) atoms. The highest BCUT2D eigenvalue weighted by molar-refractivity contribution is 5.94. The maximum Gasteiger partial charge on any atom is 0.586 e. The number of hydrogen-bond donors (Lipinski definition) is 1. The summed E-state index contributed by atoms with van der Waals surface area (Å²) in [6.45, 7) is 1.76. The Morgan fingerprint density at radius 2 is 1.97 bits per heavy atom. The third-order valence-corrected chi connectivity index (χ3v) is 6.02. The van der Waals surface area contributed by atoms with Crippen LogP contribution in [0.3, 0.4) is 0 Å². The van der Waals surface area contributed by atoms with Crippen molar-refractivity contribution in [3.8, 4) is 28.8 Å². The van der Waals surface area contributed by atoms with E-state index < -0.39 is 11.7 Å². The van der Waals surface area contributed by atoms with Crippen LogP contribution in [0.5, 0.6) is 11.5 Å². The summed E-state index contributed by atoms with van der Waals surface area (Å²) in [5.41, 5.74) is 1.96. The number of carbonyl (C=O) groups is 1. The average molecular weight is 451 g/mol. The van der Waals surface area contributed by atoms with Crippen molar-refractivity contribution in [1.29, 1.82) is 5.26 Å². The lowest BCUT2D eigenvalue weighted by molar-refractivity contribution is -0.286. The Bertz CT molecular complexity index is 1390. The van der Waals surface area contributed by atoms with Gasteiger partial charge in [0.15, 0.2) is 11.5 Å². The lowest BCUT2D eigenvalue weighted by Crippen LogP contribution is -2.26. The molecule has 0 bridgehead atoms. The summed E-state index contributed by atoms with van der Waals surface area (Å²) >= 11 is 0. The van der Waals surface area contributed by atoms with E-state index in [0.29, 0.717) is 46.5 Å². The third-order valence-electron chi connectivity index (χ3n) is 6.02. The molecule has 0 radical (unpaired) electrons. The van der Waals surface area contributed by atoms with Gasteiger partial charge in [-0.1, -0.05) is 6.07 Å². The number of carbonyl (C=O) groups excluding carboxylic acids is 1. The van der Waals surface area contributed by atoms with Crippen molar-refractivity contribution in [2.75, 3.05) is 0 Å². The summed E-state index contributed by atoms with van der Waals surface area (Å²) in [6, 6.07) is 11.2. The van der Waals surface area contributed by atoms with Crippen molar-refractivity contribution in [1.82, 2.24) is 9.97 Å². The highest BCUT2D eigenvalue weighted by Gasteiger charge is 2.52. The lowest BCUT2D eigenvalue weighted by atomic mass is 9.88. The van der Waals surface area contributed by atoms with E-state index in [1.807, 2.05) is 0 Å². The number of nitrogens with one attached hydrogen (secondary N) is 1. The van der Waals surface area contributed by atoms with Crippen LogP contribution in [0.4, 0.5) is 8.78 Å². The van der Waals surface area contributed by atoms with Crippen LogP contribution in [0.25, 0.3) is 11.3 Å². The van der Waals surface area contributed by atoms with Gasteiger partial charge in [-0.3, -0.25) is 14.6 Å². The van der Waals surface area contributed by atoms with Gasteiger partial charge >= 0.3 is 6.29 Å². The highest BCUT2D eigenvalue weighted by Crippen LogP contribution is 2.52. The van der Waals surface area contributed by atoms with Crippen molar-refractivity contribution in [2.45, 2.75) is 37.9 Å². The van der Waals surface area contributed by atoms with Gasteiger partial charge in [0.2, 0.25) is 5.56 Å². The van der Waals surface area contributed by atoms with Gasteiger partial charge in [-0.05, 0) is 55.2 Å². The fourth-order valence-electron chi connectivity index (χ4n) is 4.17. The quantitative estimate of drug-likeness (QED) is 0.628. The molecular weight excluding hydrogens is 432 g/mol. The van der Waals surface area contributed by atoms with E-state index in [-0.39, 0.29) is 30.7 Å². The Balaban J connectivity index is 0.00000274. The Kier molecular flexibility index (Phi) is 4.57. The number of halogens is 2. The number of aryl methyl sites for hydroxylation is 1. The van der Waals surface area contributed by atoms with E-state index in [0.717, 1.165) is 0 Å². The molecule has 1 aliphatic carbocycles. The number of aromatic nitrogens is 2. The first kappa shape index (κ1) is 20.8. The molecule has 9 heteroatoms. The molecule has 2 aliphatic rings. The van der Waals surface area contributed by atoms with Gasteiger partial charge in [0.05, 0.1) is 16.7 Å². The molecule has 1 N–H and O–H groups in total. The summed E-state index contributed by atoms with van der Waals surface area (Å²) in [5, 5.41) is 9.59. The number of rotatable bonds is 5. The molecule has 0 spiro atoms. The largest absolute Gasteiger partial charge is 0.586 e. The maximum atomic E-state index is 13.4. The summed E-state index contributed by atoms with van der Waals surface area (Å²) in [5.74, 6) is -0.261. The number of ether oxygens (including phenoxy) is 2. The number of benzene rings is 1. The molecule has 1 aliphatic heterocycles. The first-order chi connectivity index (χ1) is 15.7. The Labute approximate surface area is 188 Å². The van der Waals surface area contributed by atoms with Crippen molar-refractivity contribution in [3.63, 3.8) is 0 Å². The molecule has 0 unspecified atom stereocenters. The number of ketones is 1. The summed E-state index contributed by atoms with van der Waals surface area (Å²) in [7, 11) is 0. The molecule has 3 aromatic rings. The second-order valence-corrected chi connectivity index (χ2v) is 8.22. The number of nitriles is 1. The summed E-state index contributed by atoms with van der Waals surface area (Å²) in [6.07, 6.45) is -1.06. The number of Topliss-reactive ketones (excluding diaryl/α,β-unsaturated/α-hetero) is 1. The lowest BCUT2D eigenvalue weighted by Gasteiger charge is -2.16. The highest BCUT2D eigenvalue weighted by atomic mass is 19.3. The van der Waals surface area contributed by atoms with Crippen LogP contribution in [0.1, 0.15) is 36.7 Å². The first-order valence-electron chi connectivity index (χ1n) is 10.2. The van der Waals surface area contributed by atoms with Gasteiger partial charge in [-0.15, -0.1) is 8.78 Å². The van der Waals surface area contributed by atoms with Crippen molar-refractivity contribution < 1.29 is 24.5 Å². The van der Waals surface area contributed by atoms with E-state index >= 15 is 0 Å². The van der Waals surface area contributed by atoms with Gasteiger partial charge in [0.25, 0.3) is 0 Å². The van der Waals surface area contributed by atoms with Gasteiger partial charge in [0.1, 0.15) is 11.9 Å². The number of hydrogen-bond acceptors (Lipinski definition) is 6. The number of fused-ring (bicyclic) bond motifs is 1. The van der Waals surface area contributed by atoms with Gasteiger partial charge in [-0.2, -0.15) is 5.26 Å². The molecule has 2 aromatic heterocycles. The molecule has 168 valence electrons. The number of H-pyrrole nitrogens is 1. The van der Waals surface area contributed by atoms with E-state index in [1.54, 1.807) is 25.1 Å².